The van der Waals surface area contributed by atoms with E-state index in [1.165, 1.54) is 10.7 Å². The molecule has 2 aromatic carbocycles. The number of hydrogen-bond donors (Lipinski definition) is 1. The molecule has 144 valence electrons. The Kier molecular flexibility index (Phi) is 5.73. The maximum absolute atomic E-state index is 12.9. The molecule has 5 nitrogen and oxygen atoms in total. The van der Waals surface area contributed by atoms with Gasteiger partial charge in [-0.3, -0.25) is 9.59 Å². The van der Waals surface area contributed by atoms with Crippen molar-refractivity contribution in [3.63, 3.8) is 0 Å². The Morgan fingerprint density at radius 2 is 1.79 bits per heavy atom. The second-order valence-corrected chi connectivity index (χ2v) is 7.10. The minimum atomic E-state index is -0.682. The fourth-order valence-corrected chi connectivity index (χ4v) is 3.22. The van der Waals surface area contributed by atoms with Crippen LogP contribution in [0.2, 0.25) is 0 Å². The van der Waals surface area contributed by atoms with Gasteiger partial charge in [0.25, 0.3) is 5.56 Å². The van der Waals surface area contributed by atoms with Gasteiger partial charge in [0, 0.05) is 17.3 Å². The van der Waals surface area contributed by atoms with Crippen LogP contribution in [0.3, 0.4) is 0 Å². The summed E-state index contributed by atoms with van der Waals surface area (Å²) in [6.07, 6.45) is 0.459. The molecule has 1 atom stereocenters. The Morgan fingerprint density at radius 1 is 1.04 bits per heavy atom. The number of aromatic nitrogens is 2. The molecule has 1 aromatic heterocycles. The molecule has 28 heavy (non-hydrogen) atoms. The number of nitrogens with one attached hydrogen (secondary N) is 1. The summed E-state index contributed by atoms with van der Waals surface area (Å²) in [5.74, 6) is -0.249. The van der Waals surface area contributed by atoms with Gasteiger partial charge < -0.3 is 5.32 Å². The number of rotatable bonds is 5. The summed E-state index contributed by atoms with van der Waals surface area (Å²) in [4.78, 5) is 25.4. The van der Waals surface area contributed by atoms with E-state index in [9.17, 15) is 9.59 Å². The molecule has 0 saturated carbocycles. The lowest BCUT2D eigenvalue weighted by molar-refractivity contribution is -0.119. The van der Waals surface area contributed by atoms with Crippen LogP contribution in [-0.2, 0) is 4.79 Å². The van der Waals surface area contributed by atoms with Gasteiger partial charge in [0.15, 0.2) is 0 Å². The van der Waals surface area contributed by atoms with Gasteiger partial charge in [-0.15, -0.1) is 0 Å². The summed E-state index contributed by atoms with van der Waals surface area (Å²) in [5, 5.41) is 7.44. The zero-order chi connectivity index (χ0) is 20.3. The van der Waals surface area contributed by atoms with Crippen LogP contribution in [0.1, 0.15) is 36.1 Å². The molecule has 0 radical (unpaired) electrons. The molecule has 0 aliphatic carbocycles. The molecule has 1 N–H and O–H groups in total. The van der Waals surface area contributed by atoms with Crippen molar-refractivity contribution >= 4 is 11.6 Å². The van der Waals surface area contributed by atoms with Crippen molar-refractivity contribution in [1.82, 2.24) is 9.78 Å². The molecule has 5 heteroatoms. The molecule has 0 fully saturated rings. The van der Waals surface area contributed by atoms with Gasteiger partial charge >= 0.3 is 0 Å². The third kappa shape index (κ3) is 4.19. The highest BCUT2D eigenvalue weighted by Crippen LogP contribution is 2.23. The number of carbonyl (C=O) groups excluding carboxylic acids is 1. The van der Waals surface area contributed by atoms with Crippen LogP contribution in [0.15, 0.2) is 59.4 Å². The molecular formula is C23H25N3O2. The van der Waals surface area contributed by atoms with E-state index in [0.717, 1.165) is 22.3 Å². The van der Waals surface area contributed by atoms with Crippen LogP contribution < -0.4 is 10.9 Å². The van der Waals surface area contributed by atoms with Crippen LogP contribution in [0.4, 0.5) is 5.69 Å². The highest BCUT2D eigenvalue weighted by atomic mass is 16.2. The standard InChI is InChI=1S/C23H25N3O2/c1-5-21(23(28)24-18-8-6-7-15(2)13-18)26-22(27)12-11-20(25-26)19-14-16(3)9-10-17(19)4/h6-14,21H,5H2,1-4H3,(H,24,28). The lowest BCUT2D eigenvalue weighted by atomic mass is 10.0. The topological polar surface area (TPSA) is 64.0 Å². The van der Waals surface area contributed by atoms with Crippen molar-refractivity contribution in [3.8, 4) is 11.3 Å². The average molecular weight is 375 g/mol. The normalized spacial score (nSPS) is 11.9. The molecule has 0 spiro atoms. The van der Waals surface area contributed by atoms with Gasteiger partial charge in [-0.25, -0.2) is 4.68 Å². The van der Waals surface area contributed by atoms with E-state index < -0.39 is 6.04 Å². The van der Waals surface area contributed by atoms with Gasteiger partial charge in [-0.2, -0.15) is 5.10 Å². The SMILES string of the molecule is CCC(C(=O)Nc1cccc(C)c1)n1nc(-c2cc(C)ccc2C)ccc1=O. The molecule has 3 rings (SSSR count). The number of benzene rings is 2. The van der Waals surface area contributed by atoms with E-state index in [2.05, 4.69) is 10.4 Å². The molecule has 0 bridgehead atoms. The fourth-order valence-electron chi connectivity index (χ4n) is 3.22. The van der Waals surface area contributed by atoms with E-state index in [4.69, 9.17) is 0 Å². The fraction of sp³-hybridized carbons (Fsp3) is 0.261. The predicted octanol–water partition coefficient (Wildman–Crippen LogP) is 4.43. The van der Waals surface area contributed by atoms with Crippen LogP contribution in [0.25, 0.3) is 11.3 Å². The van der Waals surface area contributed by atoms with Gasteiger partial charge in [0.05, 0.1) is 5.69 Å². The third-order valence-electron chi connectivity index (χ3n) is 4.76. The van der Waals surface area contributed by atoms with Crippen LogP contribution >= 0.6 is 0 Å². The van der Waals surface area contributed by atoms with E-state index in [1.54, 1.807) is 6.07 Å². The first-order valence-electron chi connectivity index (χ1n) is 9.44. The monoisotopic (exact) mass is 375 g/mol. The Balaban J connectivity index is 1.97. The van der Waals surface area contributed by atoms with Crippen molar-refractivity contribution in [3.05, 3.63) is 81.6 Å². The number of hydrogen-bond acceptors (Lipinski definition) is 3. The minimum Gasteiger partial charge on any atom is -0.324 e. The number of carbonyl (C=O) groups is 1. The second-order valence-electron chi connectivity index (χ2n) is 7.10. The van der Waals surface area contributed by atoms with Crippen molar-refractivity contribution in [2.45, 2.75) is 40.2 Å². The first kappa shape index (κ1) is 19.5. The van der Waals surface area contributed by atoms with E-state index in [0.29, 0.717) is 17.8 Å². The first-order chi connectivity index (χ1) is 13.4. The molecule has 1 unspecified atom stereocenters. The number of nitrogens with zero attached hydrogens (tertiary/aromatic N) is 2. The van der Waals surface area contributed by atoms with Gasteiger partial charge in [-0.05, 0) is 62.6 Å². The van der Waals surface area contributed by atoms with Crippen molar-refractivity contribution in [2.75, 3.05) is 5.32 Å². The average Bonchev–Trinajstić information content (AvgIpc) is 2.66. The summed E-state index contributed by atoms with van der Waals surface area (Å²) >= 11 is 0. The summed E-state index contributed by atoms with van der Waals surface area (Å²) < 4.78 is 1.29. The molecular weight excluding hydrogens is 350 g/mol. The van der Waals surface area contributed by atoms with E-state index in [1.807, 2.05) is 70.2 Å². The Hall–Kier alpha value is -3.21. The Morgan fingerprint density at radius 3 is 2.50 bits per heavy atom. The smallest absolute Gasteiger partial charge is 0.267 e. The molecule has 0 aliphatic heterocycles. The van der Waals surface area contributed by atoms with Gasteiger partial charge in [0.2, 0.25) is 5.91 Å². The Bertz CT molecular complexity index is 1070. The quantitative estimate of drug-likeness (QED) is 0.718. The maximum atomic E-state index is 12.9. The van der Waals surface area contributed by atoms with Crippen molar-refractivity contribution in [2.24, 2.45) is 0 Å². The second kappa shape index (κ2) is 8.21. The zero-order valence-corrected chi connectivity index (χ0v) is 16.7. The summed E-state index contributed by atoms with van der Waals surface area (Å²) in [6.45, 7) is 7.86. The maximum Gasteiger partial charge on any atom is 0.267 e. The zero-order valence-electron chi connectivity index (χ0n) is 16.7. The number of aryl methyl sites for hydroxylation is 3. The van der Waals surface area contributed by atoms with Gasteiger partial charge in [0.1, 0.15) is 6.04 Å². The van der Waals surface area contributed by atoms with E-state index >= 15 is 0 Å². The minimum absolute atomic E-state index is 0.249. The van der Waals surface area contributed by atoms with E-state index in [-0.39, 0.29) is 11.5 Å². The largest absolute Gasteiger partial charge is 0.324 e. The van der Waals surface area contributed by atoms with Crippen molar-refractivity contribution in [1.29, 1.82) is 0 Å². The first-order valence-corrected chi connectivity index (χ1v) is 9.44. The number of amides is 1. The lowest BCUT2D eigenvalue weighted by Crippen LogP contribution is -2.34. The van der Waals surface area contributed by atoms with Crippen LogP contribution in [0.5, 0.6) is 0 Å². The van der Waals surface area contributed by atoms with Gasteiger partial charge in [-0.1, -0.05) is 36.8 Å². The molecule has 0 aliphatic rings. The molecule has 3 aromatic rings. The third-order valence-corrected chi connectivity index (χ3v) is 4.76. The highest BCUT2D eigenvalue weighted by molar-refractivity contribution is 5.93. The molecule has 0 saturated heterocycles. The number of anilines is 1. The predicted molar refractivity (Wildman–Crippen MR) is 113 cm³/mol. The molecule has 1 amide bonds. The van der Waals surface area contributed by atoms with Crippen LogP contribution in [0, 0.1) is 20.8 Å². The summed E-state index contributed by atoms with van der Waals surface area (Å²) in [5.41, 5.74) is 5.30. The Labute approximate surface area is 165 Å². The van der Waals surface area contributed by atoms with Crippen molar-refractivity contribution < 1.29 is 4.79 Å². The lowest BCUT2D eigenvalue weighted by Gasteiger charge is -2.18. The highest BCUT2D eigenvalue weighted by Gasteiger charge is 2.22. The van der Waals surface area contributed by atoms with Crippen LogP contribution in [-0.4, -0.2) is 15.7 Å². The molecule has 1 heterocycles. The summed E-state index contributed by atoms with van der Waals surface area (Å²) in [6, 6.07) is 16.2. The summed E-state index contributed by atoms with van der Waals surface area (Å²) in [7, 11) is 0.